The number of nitrogens with one attached hydrogen (secondary N) is 1. The Bertz CT molecular complexity index is 489. The third-order valence-electron chi connectivity index (χ3n) is 4.73. The van der Waals surface area contributed by atoms with Crippen molar-refractivity contribution in [1.29, 1.82) is 0 Å². The Morgan fingerprint density at radius 2 is 2.23 bits per heavy atom. The van der Waals surface area contributed by atoms with Crippen molar-refractivity contribution in [2.24, 2.45) is 17.6 Å². The summed E-state index contributed by atoms with van der Waals surface area (Å²) < 4.78 is 0. The van der Waals surface area contributed by atoms with Gasteiger partial charge < -0.3 is 16.0 Å². The fourth-order valence-corrected chi connectivity index (χ4v) is 3.40. The number of rotatable bonds is 7. The first-order valence-corrected chi connectivity index (χ1v) is 8.45. The highest BCUT2D eigenvalue weighted by Gasteiger charge is 2.31. The van der Waals surface area contributed by atoms with Gasteiger partial charge in [0.15, 0.2) is 0 Å². The summed E-state index contributed by atoms with van der Waals surface area (Å²) >= 11 is 0. The first kappa shape index (κ1) is 16.8. The largest absolute Gasteiger partial charge is 0.370 e. The molecule has 0 aromatic heterocycles. The van der Waals surface area contributed by atoms with Gasteiger partial charge in [-0.3, -0.25) is 4.79 Å². The van der Waals surface area contributed by atoms with Gasteiger partial charge in [0.1, 0.15) is 0 Å². The summed E-state index contributed by atoms with van der Waals surface area (Å²) in [6, 6.07) is 8.49. The predicted molar refractivity (Wildman–Crippen MR) is 92.0 cm³/mol. The number of amides is 1. The maximum atomic E-state index is 12.3. The second-order valence-corrected chi connectivity index (χ2v) is 6.24. The number of carbonyl (C=O) groups excluding carboxylic acids is 1. The van der Waals surface area contributed by atoms with E-state index in [1.807, 2.05) is 0 Å². The van der Waals surface area contributed by atoms with E-state index in [9.17, 15) is 4.79 Å². The topological polar surface area (TPSA) is 58.4 Å². The second kappa shape index (κ2) is 8.18. The van der Waals surface area contributed by atoms with Gasteiger partial charge in [0.25, 0.3) is 0 Å². The molecule has 3 N–H and O–H groups in total. The molecule has 0 spiro atoms. The number of likely N-dealkylation sites (N-methyl/N-ethyl adjacent to an activating group) is 1. The lowest BCUT2D eigenvalue weighted by molar-refractivity contribution is -0.125. The van der Waals surface area contributed by atoms with Crippen LogP contribution in [0.3, 0.4) is 0 Å². The van der Waals surface area contributed by atoms with Crippen LogP contribution in [0.2, 0.25) is 0 Å². The quantitative estimate of drug-likeness (QED) is 0.812. The number of carbonyl (C=O) groups is 1. The third kappa shape index (κ3) is 4.23. The fraction of sp³-hybridized carbons (Fsp3) is 0.611. The molecule has 122 valence electrons. The lowest BCUT2D eigenvalue weighted by Gasteiger charge is -2.24. The Hall–Kier alpha value is -1.55. The van der Waals surface area contributed by atoms with Gasteiger partial charge in [-0.1, -0.05) is 18.6 Å². The summed E-state index contributed by atoms with van der Waals surface area (Å²) in [6.07, 6.45) is 3.21. The molecule has 2 atom stereocenters. The van der Waals surface area contributed by atoms with Crippen LogP contribution < -0.4 is 16.0 Å². The highest BCUT2D eigenvalue weighted by atomic mass is 16.1. The Morgan fingerprint density at radius 1 is 1.41 bits per heavy atom. The predicted octanol–water partition coefficient (Wildman–Crippen LogP) is 2.31. The number of hydrogen-bond acceptors (Lipinski definition) is 3. The Kier molecular flexibility index (Phi) is 6.25. The van der Waals surface area contributed by atoms with E-state index in [4.69, 9.17) is 5.73 Å². The monoisotopic (exact) mass is 303 g/mol. The smallest absolute Gasteiger partial charge is 0.223 e. The molecule has 1 aromatic carbocycles. The maximum absolute atomic E-state index is 12.3. The van der Waals surface area contributed by atoms with Crippen molar-refractivity contribution >= 4 is 11.6 Å². The van der Waals surface area contributed by atoms with E-state index in [-0.39, 0.29) is 11.8 Å². The zero-order chi connectivity index (χ0) is 15.9. The molecule has 0 unspecified atom stereocenters. The summed E-state index contributed by atoms with van der Waals surface area (Å²) in [5.74, 6) is 0.686. The van der Waals surface area contributed by atoms with Crippen molar-refractivity contribution in [3.05, 3.63) is 29.8 Å². The van der Waals surface area contributed by atoms with E-state index in [1.54, 1.807) is 0 Å². The van der Waals surface area contributed by atoms with Gasteiger partial charge >= 0.3 is 0 Å². The van der Waals surface area contributed by atoms with Crippen molar-refractivity contribution in [3.8, 4) is 0 Å². The van der Waals surface area contributed by atoms with Crippen molar-refractivity contribution in [1.82, 2.24) is 5.32 Å². The molecule has 1 aliphatic rings. The zero-order valence-corrected chi connectivity index (χ0v) is 13.8. The number of benzene rings is 1. The van der Waals surface area contributed by atoms with Crippen molar-refractivity contribution in [3.63, 3.8) is 0 Å². The third-order valence-corrected chi connectivity index (χ3v) is 4.73. The summed E-state index contributed by atoms with van der Waals surface area (Å²) in [4.78, 5) is 14.6. The summed E-state index contributed by atoms with van der Waals surface area (Å²) in [6.45, 7) is 7.34. The molecule has 2 rings (SSSR count). The minimum absolute atomic E-state index is 0.124. The van der Waals surface area contributed by atoms with Gasteiger partial charge in [-0.05, 0) is 56.8 Å². The van der Waals surface area contributed by atoms with Gasteiger partial charge in [0, 0.05) is 31.2 Å². The van der Waals surface area contributed by atoms with Crippen LogP contribution >= 0.6 is 0 Å². The van der Waals surface area contributed by atoms with Crippen molar-refractivity contribution in [2.75, 3.05) is 31.1 Å². The molecule has 1 aromatic rings. The van der Waals surface area contributed by atoms with Gasteiger partial charge in [0.2, 0.25) is 5.91 Å². The molecule has 0 saturated heterocycles. The van der Waals surface area contributed by atoms with E-state index in [0.29, 0.717) is 19.0 Å². The normalized spacial score (nSPS) is 20.9. The van der Waals surface area contributed by atoms with Crippen molar-refractivity contribution < 1.29 is 4.79 Å². The van der Waals surface area contributed by atoms with Crippen LogP contribution in [0.4, 0.5) is 5.69 Å². The molecular formula is C18H29N3O. The molecule has 1 amide bonds. The second-order valence-electron chi connectivity index (χ2n) is 6.24. The molecule has 1 fully saturated rings. The lowest BCUT2D eigenvalue weighted by atomic mass is 9.95. The summed E-state index contributed by atoms with van der Waals surface area (Å²) in [7, 11) is 0. The highest BCUT2D eigenvalue weighted by Crippen LogP contribution is 2.30. The summed E-state index contributed by atoms with van der Waals surface area (Å²) in [5.41, 5.74) is 8.24. The van der Waals surface area contributed by atoms with Crippen LogP contribution in [-0.2, 0) is 4.79 Å². The molecule has 4 heteroatoms. The van der Waals surface area contributed by atoms with Crippen LogP contribution in [0.25, 0.3) is 0 Å². The van der Waals surface area contributed by atoms with Crippen LogP contribution in [0.15, 0.2) is 24.3 Å². The lowest BCUT2D eigenvalue weighted by Crippen LogP contribution is -2.39. The van der Waals surface area contributed by atoms with Crippen LogP contribution in [0.1, 0.15) is 31.7 Å². The number of anilines is 1. The SMILES string of the molecule is CCN(CCNC(=O)[C@@H]1CCC[C@@H]1CN)c1cccc(C)c1. The minimum Gasteiger partial charge on any atom is -0.370 e. The molecule has 1 aliphatic carbocycles. The van der Waals surface area contributed by atoms with Gasteiger partial charge in [0.05, 0.1) is 0 Å². The van der Waals surface area contributed by atoms with Crippen LogP contribution in [0, 0.1) is 18.8 Å². The van der Waals surface area contributed by atoms with Gasteiger partial charge in [-0.25, -0.2) is 0 Å². The van der Waals surface area contributed by atoms with E-state index >= 15 is 0 Å². The molecule has 22 heavy (non-hydrogen) atoms. The van der Waals surface area contributed by atoms with E-state index < -0.39 is 0 Å². The molecular weight excluding hydrogens is 274 g/mol. The molecule has 4 nitrogen and oxygen atoms in total. The summed E-state index contributed by atoms with van der Waals surface area (Å²) in [5, 5.41) is 3.10. The Labute approximate surface area is 134 Å². The minimum atomic E-state index is 0.124. The first-order chi connectivity index (χ1) is 10.7. The van der Waals surface area contributed by atoms with E-state index in [1.165, 1.54) is 11.3 Å². The average Bonchev–Trinajstić information content (AvgIpc) is 3.00. The molecule has 1 saturated carbocycles. The van der Waals surface area contributed by atoms with Crippen molar-refractivity contribution in [2.45, 2.75) is 33.1 Å². The Morgan fingerprint density at radius 3 is 2.91 bits per heavy atom. The fourth-order valence-electron chi connectivity index (χ4n) is 3.40. The molecule has 0 aliphatic heterocycles. The number of hydrogen-bond donors (Lipinski definition) is 2. The highest BCUT2D eigenvalue weighted by molar-refractivity contribution is 5.79. The molecule has 0 bridgehead atoms. The Balaban J connectivity index is 1.82. The molecule has 0 radical (unpaired) electrons. The average molecular weight is 303 g/mol. The van der Waals surface area contributed by atoms with Gasteiger partial charge in [-0.15, -0.1) is 0 Å². The number of nitrogens with two attached hydrogens (primary N) is 1. The maximum Gasteiger partial charge on any atom is 0.223 e. The zero-order valence-electron chi connectivity index (χ0n) is 13.8. The van der Waals surface area contributed by atoms with Gasteiger partial charge in [-0.2, -0.15) is 0 Å². The van der Waals surface area contributed by atoms with Crippen LogP contribution in [0.5, 0.6) is 0 Å². The molecule has 0 heterocycles. The first-order valence-electron chi connectivity index (χ1n) is 8.45. The van der Waals surface area contributed by atoms with E-state index in [2.05, 4.69) is 48.3 Å². The number of aryl methyl sites for hydroxylation is 1. The standard InChI is InChI=1S/C18H29N3O/c1-3-21(16-8-4-6-14(2)12-16)11-10-20-18(22)17-9-5-7-15(17)13-19/h4,6,8,12,15,17H,3,5,7,9-11,13,19H2,1-2H3,(H,20,22)/t15-,17-/m1/s1. The van der Waals surface area contributed by atoms with Crippen LogP contribution in [-0.4, -0.2) is 32.1 Å². The number of nitrogens with zero attached hydrogens (tertiary/aromatic N) is 1. The van der Waals surface area contributed by atoms with E-state index in [0.717, 1.165) is 32.4 Å².